The summed E-state index contributed by atoms with van der Waals surface area (Å²) < 4.78 is 31.9. The summed E-state index contributed by atoms with van der Waals surface area (Å²) in [6.45, 7) is 1.29. The fourth-order valence-electron chi connectivity index (χ4n) is 2.23. The van der Waals surface area contributed by atoms with Crippen molar-refractivity contribution in [3.05, 3.63) is 34.8 Å². The number of aromatic nitrogens is 1. The van der Waals surface area contributed by atoms with E-state index >= 15 is 0 Å². The van der Waals surface area contributed by atoms with Crippen LogP contribution in [0.15, 0.2) is 34.7 Å². The van der Waals surface area contributed by atoms with E-state index in [9.17, 15) is 13.2 Å². The molecule has 0 spiro atoms. The summed E-state index contributed by atoms with van der Waals surface area (Å²) in [6, 6.07) is 3.64. The Morgan fingerprint density at radius 3 is 2.72 bits per heavy atom. The van der Waals surface area contributed by atoms with Gasteiger partial charge in [-0.15, -0.1) is 11.3 Å². The van der Waals surface area contributed by atoms with Gasteiger partial charge in [-0.1, -0.05) is 11.6 Å². The minimum atomic E-state index is -3.67. The molecule has 2 aromatic rings. The van der Waals surface area contributed by atoms with Crippen molar-refractivity contribution in [1.82, 2.24) is 9.29 Å². The highest BCUT2D eigenvalue weighted by atomic mass is 35.5. The zero-order valence-electron chi connectivity index (χ0n) is 12.9. The number of hydrogen-bond acceptors (Lipinski definition) is 6. The van der Waals surface area contributed by atoms with Gasteiger partial charge in [0.25, 0.3) is 0 Å². The molecule has 11 heteroatoms. The fourth-order valence-corrected chi connectivity index (χ4v) is 4.36. The van der Waals surface area contributed by atoms with Gasteiger partial charge in [0, 0.05) is 24.7 Å². The summed E-state index contributed by atoms with van der Waals surface area (Å²) in [7, 11) is -3.67. The van der Waals surface area contributed by atoms with Crippen LogP contribution in [0.3, 0.4) is 0 Å². The number of nitrogens with one attached hydrogen (secondary N) is 2. The molecule has 1 aliphatic heterocycles. The SMILES string of the molecule is O=C(Nc1nccs1)Nc1cc(S(=O)(=O)N2CCOCC2)ccc1Cl. The lowest BCUT2D eigenvalue weighted by molar-refractivity contribution is 0.0730. The van der Waals surface area contributed by atoms with E-state index in [4.69, 9.17) is 16.3 Å². The third-order valence-electron chi connectivity index (χ3n) is 3.45. The van der Waals surface area contributed by atoms with Gasteiger partial charge in [-0.05, 0) is 18.2 Å². The van der Waals surface area contributed by atoms with E-state index in [1.165, 1.54) is 33.8 Å². The lowest BCUT2D eigenvalue weighted by Crippen LogP contribution is -2.40. The Kier molecular flexibility index (Phi) is 5.54. The lowest BCUT2D eigenvalue weighted by atomic mass is 10.3. The maximum absolute atomic E-state index is 12.7. The van der Waals surface area contributed by atoms with Gasteiger partial charge in [0.05, 0.1) is 28.8 Å². The first-order valence-electron chi connectivity index (χ1n) is 7.32. The molecule has 0 aliphatic carbocycles. The first kappa shape index (κ1) is 18.1. The summed E-state index contributed by atoms with van der Waals surface area (Å²) in [5, 5.41) is 7.46. The fraction of sp³-hybridized carbons (Fsp3) is 0.286. The van der Waals surface area contributed by atoms with E-state index in [1.54, 1.807) is 11.6 Å². The van der Waals surface area contributed by atoms with Gasteiger partial charge < -0.3 is 10.1 Å². The number of urea groups is 1. The van der Waals surface area contributed by atoms with Crippen LogP contribution in [0.1, 0.15) is 0 Å². The Labute approximate surface area is 153 Å². The van der Waals surface area contributed by atoms with Gasteiger partial charge in [-0.25, -0.2) is 18.2 Å². The Hall–Kier alpha value is -1.72. The molecular formula is C14H15ClN4O4S2. The Morgan fingerprint density at radius 1 is 1.28 bits per heavy atom. The molecule has 25 heavy (non-hydrogen) atoms. The number of rotatable bonds is 4. The van der Waals surface area contributed by atoms with Crippen LogP contribution in [0.2, 0.25) is 5.02 Å². The quantitative estimate of drug-likeness (QED) is 0.818. The first-order valence-corrected chi connectivity index (χ1v) is 10.0. The minimum absolute atomic E-state index is 0.0587. The lowest BCUT2D eigenvalue weighted by Gasteiger charge is -2.26. The molecule has 134 valence electrons. The van der Waals surface area contributed by atoms with Gasteiger partial charge in [-0.3, -0.25) is 5.32 Å². The van der Waals surface area contributed by atoms with Gasteiger partial charge in [0.1, 0.15) is 0 Å². The molecule has 1 aliphatic rings. The highest BCUT2D eigenvalue weighted by Gasteiger charge is 2.27. The number of ether oxygens (including phenoxy) is 1. The molecule has 8 nitrogen and oxygen atoms in total. The number of anilines is 2. The summed E-state index contributed by atoms with van der Waals surface area (Å²) in [5.74, 6) is 0. The highest BCUT2D eigenvalue weighted by Crippen LogP contribution is 2.27. The maximum atomic E-state index is 12.7. The smallest absolute Gasteiger partial charge is 0.325 e. The minimum Gasteiger partial charge on any atom is -0.379 e. The molecule has 0 unspecified atom stereocenters. The van der Waals surface area contributed by atoms with Crippen LogP contribution in [-0.4, -0.2) is 50.0 Å². The van der Waals surface area contributed by atoms with Crippen molar-refractivity contribution in [2.24, 2.45) is 0 Å². The van der Waals surface area contributed by atoms with Crippen molar-refractivity contribution < 1.29 is 17.9 Å². The van der Waals surface area contributed by atoms with E-state index in [0.717, 1.165) is 0 Å². The molecule has 0 bridgehead atoms. The average molecular weight is 403 g/mol. The monoisotopic (exact) mass is 402 g/mol. The normalized spacial score (nSPS) is 15.7. The van der Waals surface area contributed by atoms with E-state index < -0.39 is 16.1 Å². The van der Waals surface area contributed by atoms with Crippen molar-refractivity contribution >= 4 is 49.8 Å². The van der Waals surface area contributed by atoms with Gasteiger partial charge in [0.2, 0.25) is 10.0 Å². The van der Waals surface area contributed by atoms with E-state index in [-0.39, 0.29) is 28.7 Å². The molecule has 1 aromatic carbocycles. The van der Waals surface area contributed by atoms with Crippen LogP contribution >= 0.6 is 22.9 Å². The van der Waals surface area contributed by atoms with Crippen LogP contribution in [0.5, 0.6) is 0 Å². The van der Waals surface area contributed by atoms with Gasteiger partial charge in [0.15, 0.2) is 5.13 Å². The van der Waals surface area contributed by atoms with Crippen LogP contribution in [-0.2, 0) is 14.8 Å². The number of morpholine rings is 1. The third kappa shape index (κ3) is 4.28. The standard InChI is InChI=1S/C14H15ClN4O4S2/c15-11-2-1-10(25(21,22)19-4-6-23-7-5-19)9-12(11)17-13(20)18-14-16-3-8-24-14/h1-3,8-9H,4-7H2,(H2,16,17,18,20). The second-order valence-corrected chi connectivity index (χ2v) is 8.31. The number of nitrogens with zero attached hydrogens (tertiary/aromatic N) is 2. The molecule has 2 N–H and O–H groups in total. The van der Waals surface area contributed by atoms with Crippen molar-refractivity contribution in [1.29, 1.82) is 0 Å². The second kappa shape index (κ2) is 7.67. The molecule has 2 amide bonds. The van der Waals surface area contributed by atoms with Gasteiger partial charge in [-0.2, -0.15) is 4.31 Å². The Morgan fingerprint density at radius 2 is 2.04 bits per heavy atom. The molecular weight excluding hydrogens is 388 g/mol. The molecule has 0 atom stereocenters. The summed E-state index contributed by atoms with van der Waals surface area (Å²) in [5.41, 5.74) is 0.199. The number of carbonyl (C=O) groups is 1. The number of benzene rings is 1. The number of amides is 2. The number of hydrogen-bond donors (Lipinski definition) is 2. The third-order valence-corrected chi connectivity index (χ3v) is 6.36. The summed E-state index contributed by atoms with van der Waals surface area (Å²) in [6.07, 6.45) is 1.56. The van der Waals surface area contributed by atoms with Crippen molar-refractivity contribution in [2.45, 2.75) is 4.90 Å². The predicted octanol–water partition coefficient (Wildman–Crippen LogP) is 2.46. The van der Waals surface area contributed by atoms with Crippen LogP contribution < -0.4 is 10.6 Å². The molecule has 0 radical (unpaired) electrons. The highest BCUT2D eigenvalue weighted by molar-refractivity contribution is 7.89. The van der Waals surface area contributed by atoms with Crippen LogP contribution in [0.25, 0.3) is 0 Å². The largest absolute Gasteiger partial charge is 0.379 e. The molecule has 0 saturated carbocycles. The van der Waals surface area contributed by atoms with E-state index in [1.807, 2.05) is 0 Å². The summed E-state index contributed by atoms with van der Waals surface area (Å²) in [4.78, 5) is 16.0. The van der Waals surface area contributed by atoms with E-state index in [2.05, 4.69) is 15.6 Å². The van der Waals surface area contributed by atoms with Gasteiger partial charge >= 0.3 is 6.03 Å². The number of halogens is 1. The number of thiazole rings is 1. The molecule has 1 saturated heterocycles. The Bertz CT molecular complexity index is 852. The summed E-state index contributed by atoms with van der Waals surface area (Å²) >= 11 is 7.34. The zero-order valence-corrected chi connectivity index (χ0v) is 15.3. The molecule has 2 heterocycles. The maximum Gasteiger partial charge on any atom is 0.325 e. The average Bonchev–Trinajstić information content (AvgIpc) is 3.10. The second-order valence-electron chi connectivity index (χ2n) is 5.07. The number of carbonyl (C=O) groups excluding carboxylic acids is 1. The van der Waals surface area contributed by atoms with Crippen molar-refractivity contribution in [2.75, 3.05) is 36.9 Å². The topological polar surface area (TPSA) is 101 Å². The van der Waals surface area contributed by atoms with Crippen molar-refractivity contribution in [3.8, 4) is 0 Å². The zero-order chi connectivity index (χ0) is 17.9. The van der Waals surface area contributed by atoms with Crippen LogP contribution in [0, 0.1) is 0 Å². The molecule has 1 aromatic heterocycles. The van der Waals surface area contributed by atoms with Crippen molar-refractivity contribution in [3.63, 3.8) is 0 Å². The molecule has 1 fully saturated rings. The number of sulfonamides is 1. The van der Waals surface area contributed by atoms with E-state index in [0.29, 0.717) is 18.3 Å². The Balaban J connectivity index is 1.79. The van der Waals surface area contributed by atoms with Crippen LogP contribution in [0.4, 0.5) is 15.6 Å². The molecule has 3 rings (SSSR count). The first-order chi connectivity index (χ1) is 12.0. The predicted molar refractivity (Wildman–Crippen MR) is 95.8 cm³/mol.